The smallest absolute Gasteiger partial charge is 0.251 e. The molecular weight excluding hydrogens is 335 g/mol. The number of nitrogens with one attached hydrogen (secondary N) is 2. The molecule has 0 aliphatic carbocycles. The van der Waals surface area contributed by atoms with Gasteiger partial charge < -0.3 is 10.6 Å². The van der Waals surface area contributed by atoms with Gasteiger partial charge in [0.2, 0.25) is 5.91 Å². The van der Waals surface area contributed by atoms with E-state index in [1.807, 2.05) is 19.9 Å². The summed E-state index contributed by atoms with van der Waals surface area (Å²) in [4.78, 5) is 24.0. The summed E-state index contributed by atoms with van der Waals surface area (Å²) >= 11 is 12.0. The molecule has 0 atom stereocenters. The van der Waals surface area contributed by atoms with Gasteiger partial charge in [0.05, 0.1) is 22.3 Å². The molecule has 0 radical (unpaired) electrons. The molecule has 6 heteroatoms. The molecule has 0 aliphatic rings. The molecule has 0 unspecified atom stereocenters. The van der Waals surface area contributed by atoms with E-state index in [9.17, 15) is 9.59 Å². The zero-order chi connectivity index (χ0) is 17.0. The average Bonchev–Trinajstić information content (AvgIpc) is 2.51. The summed E-state index contributed by atoms with van der Waals surface area (Å²) in [5.41, 5.74) is 2.97. The van der Waals surface area contributed by atoms with Crippen LogP contribution in [0.4, 0.5) is 5.69 Å². The quantitative estimate of drug-likeness (QED) is 0.875. The maximum absolute atomic E-state index is 12.1. The number of benzene rings is 2. The highest BCUT2D eigenvalue weighted by molar-refractivity contribution is 6.39. The van der Waals surface area contributed by atoms with Gasteiger partial charge in [-0.2, -0.15) is 0 Å². The molecule has 4 nitrogen and oxygen atoms in total. The van der Waals surface area contributed by atoms with Gasteiger partial charge >= 0.3 is 0 Å². The highest BCUT2D eigenvalue weighted by Crippen LogP contribution is 2.29. The fourth-order valence-corrected chi connectivity index (χ4v) is 2.44. The Balaban J connectivity index is 1.96. The lowest BCUT2D eigenvalue weighted by atomic mass is 10.1. The van der Waals surface area contributed by atoms with Crippen LogP contribution in [-0.4, -0.2) is 18.4 Å². The van der Waals surface area contributed by atoms with Crippen LogP contribution in [0.5, 0.6) is 0 Å². The lowest BCUT2D eigenvalue weighted by Crippen LogP contribution is -2.33. The van der Waals surface area contributed by atoms with E-state index in [0.29, 0.717) is 21.3 Å². The van der Waals surface area contributed by atoms with Gasteiger partial charge in [-0.05, 0) is 49.2 Å². The summed E-state index contributed by atoms with van der Waals surface area (Å²) in [5, 5.41) is 5.83. The van der Waals surface area contributed by atoms with Crippen molar-refractivity contribution >= 4 is 40.7 Å². The minimum atomic E-state index is -0.405. The van der Waals surface area contributed by atoms with Crippen LogP contribution in [0, 0.1) is 13.8 Å². The van der Waals surface area contributed by atoms with Gasteiger partial charge in [-0.3, -0.25) is 9.59 Å². The van der Waals surface area contributed by atoms with E-state index in [1.54, 1.807) is 30.3 Å². The van der Waals surface area contributed by atoms with Crippen LogP contribution in [0.25, 0.3) is 0 Å². The largest absolute Gasteiger partial charge is 0.343 e. The maximum atomic E-state index is 12.1. The molecule has 0 saturated carbocycles. The molecule has 0 saturated heterocycles. The molecular formula is C17H16Cl2N2O2. The molecule has 2 aromatic rings. The Morgan fingerprint density at radius 3 is 2.26 bits per heavy atom. The van der Waals surface area contributed by atoms with Crippen molar-refractivity contribution in [1.29, 1.82) is 0 Å². The number of hydrogen-bond donors (Lipinski definition) is 2. The number of carbonyl (C=O) groups is 2. The molecule has 2 rings (SSSR count). The van der Waals surface area contributed by atoms with Crippen LogP contribution in [0.1, 0.15) is 21.5 Å². The Hall–Kier alpha value is -2.04. The summed E-state index contributed by atoms with van der Waals surface area (Å²) in [6, 6.07) is 10.3. The van der Waals surface area contributed by atoms with E-state index >= 15 is 0 Å². The third-order valence-corrected chi connectivity index (χ3v) is 4.04. The lowest BCUT2D eigenvalue weighted by Gasteiger charge is -2.10. The minimum Gasteiger partial charge on any atom is -0.343 e. The summed E-state index contributed by atoms with van der Waals surface area (Å²) < 4.78 is 0. The number of anilines is 1. The Morgan fingerprint density at radius 2 is 1.65 bits per heavy atom. The van der Waals surface area contributed by atoms with Gasteiger partial charge in [0.15, 0.2) is 0 Å². The first-order chi connectivity index (χ1) is 10.9. The van der Waals surface area contributed by atoms with Crippen molar-refractivity contribution in [2.45, 2.75) is 13.8 Å². The number of amides is 2. The number of hydrogen-bond acceptors (Lipinski definition) is 2. The topological polar surface area (TPSA) is 58.2 Å². The molecule has 23 heavy (non-hydrogen) atoms. The van der Waals surface area contributed by atoms with Crippen LogP contribution < -0.4 is 10.6 Å². The summed E-state index contributed by atoms with van der Waals surface area (Å²) in [6.45, 7) is 3.73. The molecule has 0 fully saturated rings. The predicted molar refractivity (Wildman–Crippen MR) is 93.3 cm³/mol. The number of carbonyl (C=O) groups excluding carboxylic acids is 2. The zero-order valence-corrected chi connectivity index (χ0v) is 14.3. The average molecular weight is 351 g/mol. The van der Waals surface area contributed by atoms with Crippen molar-refractivity contribution in [3.8, 4) is 0 Å². The van der Waals surface area contributed by atoms with Crippen molar-refractivity contribution < 1.29 is 9.59 Å². The van der Waals surface area contributed by atoms with Crippen LogP contribution in [0.2, 0.25) is 10.0 Å². The number of halogens is 2. The highest BCUT2D eigenvalue weighted by Gasteiger charge is 2.12. The van der Waals surface area contributed by atoms with Crippen molar-refractivity contribution in [2.24, 2.45) is 0 Å². The van der Waals surface area contributed by atoms with Crippen molar-refractivity contribution in [1.82, 2.24) is 5.32 Å². The van der Waals surface area contributed by atoms with E-state index in [-0.39, 0.29) is 12.5 Å². The first kappa shape index (κ1) is 17.3. The fraction of sp³-hybridized carbons (Fsp3) is 0.176. The Morgan fingerprint density at radius 1 is 1.00 bits per heavy atom. The van der Waals surface area contributed by atoms with Gasteiger partial charge in [-0.1, -0.05) is 35.3 Å². The van der Waals surface area contributed by atoms with Gasteiger partial charge in [-0.25, -0.2) is 0 Å². The highest BCUT2D eigenvalue weighted by atomic mass is 35.5. The SMILES string of the molecule is Cc1ccc(C(=O)NCC(=O)Nc2c(Cl)cccc2Cl)cc1C. The van der Waals surface area contributed by atoms with Gasteiger partial charge in [0.25, 0.3) is 5.91 Å². The van der Waals surface area contributed by atoms with E-state index in [4.69, 9.17) is 23.2 Å². The first-order valence-electron chi connectivity index (χ1n) is 6.98. The monoisotopic (exact) mass is 350 g/mol. The molecule has 120 valence electrons. The van der Waals surface area contributed by atoms with Crippen LogP contribution in [0.15, 0.2) is 36.4 Å². The van der Waals surface area contributed by atoms with Crippen molar-refractivity contribution in [2.75, 3.05) is 11.9 Å². The maximum Gasteiger partial charge on any atom is 0.251 e. The molecule has 2 N–H and O–H groups in total. The Kier molecular flexibility index (Phi) is 5.64. The summed E-state index contributed by atoms with van der Waals surface area (Å²) in [7, 11) is 0. The van der Waals surface area contributed by atoms with E-state index in [0.717, 1.165) is 11.1 Å². The Bertz CT molecular complexity index is 740. The molecule has 0 aliphatic heterocycles. The standard InChI is InChI=1S/C17H16Cl2N2O2/c1-10-6-7-12(8-11(10)2)17(23)20-9-15(22)21-16-13(18)4-3-5-14(16)19/h3-8H,9H2,1-2H3,(H,20,23)(H,21,22). The van der Waals surface area contributed by atoms with Crippen LogP contribution >= 0.6 is 23.2 Å². The lowest BCUT2D eigenvalue weighted by molar-refractivity contribution is -0.115. The molecule has 0 spiro atoms. The number of aryl methyl sites for hydroxylation is 2. The molecule has 0 heterocycles. The Labute approximate surface area is 144 Å². The van der Waals surface area contributed by atoms with Crippen molar-refractivity contribution in [3.63, 3.8) is 0 Å². The minimum absolute atomic E-state index is 0.173. The second-order valence-electron chi connectivity index (χ2n) is 5.13. The third-order valence-electron chi connectivity index (χ3n) is 3.41. The number of rotatable bonds is 4. The number of para-hydroxylation sites is 1. The van der Waals surface area contributed by atoms with Crippen molar-refractivity contribution in [3.05, 3.63) is 63.1 Å². The third kappa shape index (κ3) is 4.47. The second-order valence-corrected chi connectivity index (χ2v) is 5.94. The summed E-state index contributed by atoms with van der Waals surface area (Å²) in [5.74, 6) is -0.717. The van der Waals surface area contributed by atoms with E-state index in [1.165, 1.54) is 0 Å². The summed E-state index contributed by atoms with van der Waals surface area (Å²) in [6.07, 6.45) is 0. The van der Waals surface area contributed by atoms with Gasteiger partial charge in [0.1, 0.15) is 0 Å². The molecule has 0 bridgehead atoms. The van der Waals surface area contributed by atoms with Gasteiger partial charge in [0, 0.05) is 5.56 Å². The molecule has 0 aromatic heterocycles. The second kappa shape index (κ2) is 7.49. The fourth-order valence-electron chi connectivity index (χ4n) is 1.95. The van der Waals surface area contributed by atoms with E-state index in [2.05, 4.69) is 10.6 Å². The normalized spacial score (nSPS) is 10.3. The van der Waals surface area contributed by atoms with E-state index < -0.39 is 5.91 Å². The molecule has 2 amide bonds. The first-order valence-corrected chi connectivity index (χ1v) is 7.73. The predicted octanol–water partition coefficient (Wildman–Crippen LogP) is 3.98. The molecule has 2 aromatic carbocycles. The van der Waals surface area contributed by atoms with Crippen LogP contribution in [0.3, 0.4) is 0 Å². The zero-order valence-electron chi connectivity index (χ0n) is 12.7. The van der Waals surface area contributed by atoms with Gasteiger partial charge in [-0.15, -0.1) is 0 Å². The van der Waals surface area contributed by atoms with Crippen LogP contribution in [-0.2, 0) is 4.79 Å².